The lowest BCUT2D eigenvalue weighted by molar-refractivity contribution is 0.124. The summed E-state index contributed by atoms with van der Waals surface area (Å²) in [6.45, 7) is 10.0. The van der Waals surface area contributed by atoms with E-state index in [-0.39, 0.29) is 0 Å². The lowest BCUT2D eigenvalue weighted by Crippen LogP contribution is -2.44. The molecule has 2 bridgehead atoms. The van der Waals surface area contributed by atoms with Crippen molar-refractivity contribution < 1.29 is 4.52 Å². The summed E-state index contributed by atoms with van der Waals surface area (Å²) >= 11 is 0. The van der Waals surface area contributed by atoms with Crippen LogP contribution in [0, 0.1) is 11.8 Å². The zero-order chi connectivity index (χ0) is 15.1. The number of nitrogens with zero attached hydrogens (tertiary/aromatic N) is 4. The van der Waals surface area contributed by atoms with Crippen LogP contribution in [0.3, 0.4) is 0 Å². The van der Waals surface area contributed by atoms with Crippen molar-refractivity contribution in [1.29, 1.82) is 0 Å². The van der Waals surface area contributed by atoms with Gasteiger partial charge in [0, 0.05) is 38.1 Å². The SMILES string of the molecule is CC(C)c1noc(CN2C[C@@H]3CC[C@H](C2)N(CC2CC2)C3)n1. The summed E-state index contributed by atoms with van der Waals surface area (Å²) < 4.78 is 5.45. The molecule has 22 heavy (non-hydrogen) atoms. The van der Waals surface area contributed by atoms with Gasteiger partial charge in [0.2, 0.25) is 5.89 Å². The molecule has 1 saturated carbocycles. The van der Waals surface area contributed by atoms with Gasteiger partial charge in [-0.15, -0.1) is 0 Å². The molecular formula is C17H28N4O. The Labute approximate surface area is 133 Å². The van der Waals surface area contributed by atoms with Gasteiger partial charge in [0.15, 0.2) is 5.82 Å². The third-order valence-electron chi connectivity index (χ3n) is 5.45. The van der Waals surface area contributed by atoms with Crippen molar-refractivity contribution in [1.82, 2.24) is 19.9 Å². The van der Waals surface area contributed by atoms with Gasteiger partial charge in [-0.25, -0.2) is 0 Å². The summed E-state index contributed by atoms with van der Waals surface area (Å²) in [5, 5.41) is 4.10. The number of aromatic nitrogens is 2. The average molecular weight is 304 g/mol. The first kappa shape index (κ1) is 14.6. The Morgan fingerprint density at radius 1 is 1.14 bits per heavy atom. The van der Waals surface area contributed by atoms with Crippen LogP contribution in [-0.2, 0) is 6.54 Å². The molecule has 0 spiro atoms. The number of piperidine rings is 1. The summed E-state index contributed by atoms with van der Waals surface area (Å²) in [4.78, 5) is 9.87. The van der Waals surface area contributed by atoms with Gasteiger partial charge < -0.3 is 4.52 Å². The quantitative estimate of drug-likeness (QED) is 0.836. The Bertz CT molecular complexity index is 511. The highest BCUT2D eigenvalue weighted by atomic mass is 16.5. The van der Waals surface area contributed by atoms with E-state index < -0.39 is 0 Å². The molecule has 1 aromatic rings. The first-order chi connectivity index (χ1) is 10.7. The molecule has 0 N–H and O–H groups in total. The molecular weight excluding hydrogens is 276 g/mol. The normalized spacial score (nSPS) is 30.1. The molecule has 122 valence electrons. The maximum Gasteiger partial charge on any atom is 0.240 e. The van der Waals surface area contributed by atoms with Crippen LogP contribution in [0.15, 0.2) is 4.52 Å². The van der Waals surface area contributed by atoms with E-state index in [1.54, 1.807) is 0 Å². The van der Waals surface area contributed by atoms with Gasteiger partial charge in [0.1, 0.15) is 0 Å². The van der Waals surface area contributed by atoms with Crippen LogP contribution in [0.25, 0.3) is 0 Å². The van der Waals surface area contributed by atoms with E-state index in [0.29, 0.717) is 5.92 Å². The third-order valence-corrected chi connectivity index (χ3v) is 5.45. The van der Waals surface area contributed by atoms with Crippen molar-refractivity contribution in [3.05, 3.63) is 11.7 Å². The minimum absolute atomic E-state index is 0.340. The van der Waals surface area contributed by atoms with Crippen LogP contribution in [0.1, 0.15) is 57.2 Å². The summed E-state index contributed by atoms with van der Waals surface area (Å²) in [6.07, 6.45) is 5.67. The first-order valence-electron chi connectivity index (χ1n) is 8.96. The summed E-state index contributed by atoms with van der Waals surface area (Å²) in [5.41, 5.74) is 0. The Morgan fingerprint density at radius 2 is 2.00 bits per heavy atom. The summed E-state index contributed by atoms with van der Waals surface area (Å²) in [7, 11) is 0. The monoisotopic (exact) mass is 304 g/mol. The Balaban J connectivity index is 1.40. The van der Waals surface area contributed by atoms with E-state index in [0.717, 1.165) is 36.1 Å². The van der Waals surface area contributed by atoms with Crippen molar-refractivity contribution in [3.8, 4) is 0 Å². The standard InChI is InChI=1S/C17H28N4O/c1-12(2)17-18-16(22-19-17)11-20-7-14-5-6-15(10-20)21(9-14)8-13-3-4-13/h12-15H,3-11H2,1-2H3/t14-,15+/m0/s1. The van der Waals surface area contributed by atoms with Crippen molar-refractivity contribution in [3.63, 3.8) is 0 Å². The predicted molar refractivity (Wildman–Crippen MR) is 84.5 cm³/mol. The predicted octanol–water partition coefficient (Wildman–Crippen LogP) is 2.50. The zero-order valence-electron chi connectivity index (χ0n) is 13.9. The van der Waals surface area contributed by atoms with Crippen LogP contribution in [0.2, 0.25) is 0 Å². The lowest BCUT2D eigenvalue weighted by Gasteiger charge is -2.36. The molecule has 4 fully saturated rings. The second-order valence-electron chi connectivity index (χ2n) is 7.89. The fourth-order valence-corrected chi connectivity index (χ4v) is 4.02. The fraction of sp³-hybridized carbons (Fsp3) is 0.882. The van der Waals surface area contributed by atoms with Gasteiger partial charge in [0.25, 0.3) is 0 Å². The summed E-state index contributed by atoms with van der Waals surface area (Å²) in [6, 6.07) is 0.742. The van der Waals surface area contributed by atoms with Crippen LogP contribution in [0.4, 0.5) is 0 Å². The van der Waals surface area contributed by atoms with Crippen LogP contribution >= 0.6 is 0 Å². The highest BCUT2D eigenvalue weighted by Crippen LogP contribution is 2.35. The molecule has 5 rings (SSSR count). The number of rotatable bonds is 5. The molecule has 0 unspecified atom stereocenters. The molecule has 1 aromatic heterocycles. The molecule has 0 amide bonds. The van der Waals surface area contributed by atoms with Crippen molar-refractivity contribution >= 4 is 0 Å². The van der Waals surface area contributed by atoms with E-state index >= 15 is 0 Å². The minimum Gasteiger partial charge on any atom is -0.338 e. The topological polar surface area (TPSA) is 45.4 Å². The van der Waals surface area contributed by atoms with Gasteiger partial charge in [0.05, 0.1) is 6.54 Å². The number of fused-ring (bicyclic) bond motifs is 4. The average Bonchev–Trinajstić information content (AvgIpc) is 3.23. The third kappa shape index (κ3) is 3.20. The second kappa shape index (κ2) is 5.93. The van der Waals surface area contributed by atoms with E-state index in [4.69, 9.17) is 4.52 Å². The van der Waals surface area contributed by atoms with Gasteiger partial charge in [-0.3, -0.25) is 9.80 Å². The lowest BCUT2D eigenvalue weighted by atomic mass is 9.95. The van der Waals surface area contributed by atoms with Crippen molar-refractivity contribution in [2.45, 2.75) is 58.0 Å². The van der Waals surface area contributed by atoms with Gasteiger partial charge in [-0.2, -0.15) is 4.98 Å². The second-order valence-corrected chi connectivity index (χ2v) is 7.89. The van der Waals surface area contributed by atoms with Crippen molar-refractivity contribution in [2.75, 3.05) is 26.2 Å². The fourth-order valence-electron chi connectivity index (χ4n) is 4.02. The smallest absolute Gasteiger partial charge is 0.240 e. The highest BCUT2D eigenvalue weighted by molar-refractivity contribution is 4.95. The van der Waals surface area contributed by atoms with Crippen LogP contribution in [0.5, 0.6) is 0 Å². The molecule has 3 aliphatic heterocycles. The molecule has 5 heteroatoms. The van der Waals surface area contributed by atoms with Crippen LogP contribution < -0.4 is 0 Å². The molecule has 4 aliphatic rings. The van der Waals surface area contributed by atoms with E-state index in [9.17, 15) is 0 Å². The minimum atomic E-state index is 0.340. The molecule has 4 heterocycles. The maximum atomic E-state index is 5.45. The molecule has 2 atom stereocenters. The highest BCUT2D eigenvalue weighted by Gasteiger charge is 2.37. The Kier molecular flexibility index (Phi) is 3.95. The molecule has 1 aliphatic carbocycles. The molecule has 3 saturated heterocycles. The molecule has 0 aromatic carbocycles. The largest absolute Gasteiger partial charge is 0.338 e. The Morgan fingerprint density at radius 3 is 2.73 bits per heavy atom. The Hall–Kier alpha value is -0.940. The number of hydrogen-bond donors (Lipinski definition) is 0. The summed E-state index contributed by atoms with van der Waals surface area (Å²) in [5.74, 6) is 3.79. The van der Waals surface area contributed by atoms with E-state index in [2.05, 4.69) is 33.8 Å². The van der Waals surface area contributed by atoms with Gasteiger partial charge in [-0.05, 0) is 37.5 Å². The molecule has 0 radical (unpaired) electrons. The number of hydrogen-bond acceptors (Lipinski definition) is 5. The van der Waals surface area contributed by atoms with E-state index in [1.807, 2.05) is 0 Å². The van der Waals surface area contributed by atoms with Gasteiger partial charge in [-0.1, -0.05) is 19.0 Å². The molecule has 5 nitrogen and oxygen atoms in total. The maximum absolute atomic E-state index is 5.45. The van der Waals surface area contributed by atoms with Gasteiger partial charge >= 0.3 is 0 Å². The van der Waals surface area contributed by atoms with E-state index in [1.165, 1.54) is 51.9 Å². The van der Waals surface area contributed by atoms with Crippen LogP contribution in [-0.4, -0.2) is 52.2 Å². The first-order valence-corrected chi connectivity index (χ1v) is 8.96. The van der Waals surface area contributed by atoms with Crippen molar-refractivity contribution in [2.24, 2.45) is 11.8 Å². The zero-order valence-corrected chi connectivity index (χ0v) is 13.9.